The van der Waals surface area contributed by atoms with E-state index >= 15 is 0 Å². The van der Waals surface area contributed by atoms with Crippen LogP contribution in [0.5, 0.6) is 0 Å². The first-order valence-electron chi connectivity index (χ1n) is 10.4. The molecule has 2 heterocycles. The van der Waals surface area contributed by atoms with E-state index in [1.54, 1.807) is 64.4 Å². The Balaban J connectivity index is 1.41. The number of sulfone groups is 1. The van der Waals surface area contributed by atoms with Crippen molar-refractivity contribution in [1.29, 1.82) is 0 Å². The normalized spacial score (nSPS) is 14.4. The number of carbonyl (C=O) groups excluding carboxylic acids is 2. The van der Waals surface area contributed by atoms with Crippen molar-refractivity contribution < 1.29 is 18.0 Å². The third-order valence-electron chi connectivity index (χ3n) is 5.44. The van der Waals surface area contributed by atoms with Gasteiger partial charge in [0.25, 0.3) is 11.8 Å². The van der Waals surface area contributed by atoms with Crippen molar-refractivity contribution in [3.63, 3.8) is 0 Å². The van der Waals surface area contributed by atoms with E-state index in [-0.39, 0.29) is 22.5 Å². The van der Waals surface area contributed by atoms with Crippen molar-refractivity contribution in [2.45, 2.75) is 17.6 Å². The molecule has 6 nitrogen and oxygen atoms in total. The standard InChI is InChI=1S/C24H24N2O4S2/c1-18-10-11-22(31-18)24(28)26-14-12-25(13-15-26)23(27)20-7-5-6-19(16-20)17-32(29,30)21-8-3-2-4-9-21/h2-11,16H,12-15,17H2,1H3. The van der Waals surface area contributed by atoms with Crippen LogP contribution in [0.15, 0.2) is 71.6 Å². The van der Waals surface area contributed by atoms with Gasteiger partial charge in [-0.2, -0.15) is 0 Å². The molecular weight excluding hydrogens is 444 g/mol. The van der Waals surface area contributed by atoms with E-state index in [0.29, 0.717) is 37.3 Å². The summed E-state index contributed by atoms with van der Waals surface area (Å²) in [4.78, 5) is 31.2. The van der Waals surface area contributed by atoms with Crippen LogP contribution in [0.1, 0.15) is 30.5 Å². The van der Waals surface area contributed by atoms with Gasteiger partial charge in [0.15, 0.2) is 9.84 Å². The molecule has 8 heteroatoms. The first-order chi connectivity index (χ1) is 15.3. The zero-order valence-corrected chi connectivity index (χ0v) is 19.4. The van der Waals surface area contributed by atoms with Crippen LogP contribution in [-0.2, 0) is 15.6 Å². The maximum absolute atomic E-state index is 13.0. The Morgan fingerprint density at radius 3 is 2.12 bits per heavy atom. The fraction of sp³-hybridized carbons (Fsp3) is 0.250. The van der Waals surface area contributed by atoms with Gasteiger partial charge < -0.3 is 9.80 Å². The van der Waals surface area contributed by atoms with Gasteiger partial charge in [0, 0.05) is 36.6 Å². The van der Waals surface area contributed by atoms with Crippen LogP contribution in [0, 0.1) is 6.92 Å². The molecule has 32 heavy (non-hydrogen) atoms. The lowest BCUT2D eigenvalue weighted by Crippen LogP contribution is -2.50. The van der Waals surface area contributed by atoms with Gasteiger partial charge in [-0.25, -0.2) is 8.42 Å². The van der Waals surface area contributed by atoms with Crippen molar-refractivity contribution in [2.75, 3.05) is 26.2 Å². The van der Waals surface area contributed by atoms with Crippen molar-refractivity contribution in [2.24, 2.45) is 0 Å². The first-order valence-corrected chi connectivity index (χ1v) is 12.8. The summed E-state index contributed by atoms with van der Waals surface area (Å²) < 4.78 is 25.3. The van der Waals surface area contributed by atoms with Crippen molar-refractivity contribution in [1.82, 2.24) is 9.80 Å². The monoisotopic (exact) mass is 468 g/mol. The molecule has 166 valence electrons. The molecule has 0 radical (unpaired) electrons. The highest BCUT2D eigenvalue weighted by Crippen LogP contribution is 2.20. The van der Waals surface area contributed by atoms with E-state index in [9.17, 15) is 18.0 Å². The summed E-state index contributed by atoms with van der Waals surface area (Å²) in [7, 11) is -3.49. The second-order valence-electron chi connectivity index (χ2n) is 7.77. The molecule has 1 saturated heterocycles. The van der Waals surface area contributed by atoms with Gasteiger partial charge in [0.05, 0.1) is 15.5 Å². The molecule has 4 rings (SSSR count). The van der Waals surface area contributed by atoms with Crippen LogP contribution in [0.3, 0.4) is 0 Å². The molecule has 0 N–H and O–H groups in total. The van der Waals surface area contributed by atoms with E-state index in [2.05, 4.69) is 0 Å². The Morgan fingerprint density at radius 2 is 1.50 bits per heavy atom. The van der Waals surface area contributed by atoms with Crippen LogP contribution in [-0.4, -0.2) is 56.2 Å². The lowest BCUT2D eigenvalue weighted by atomic mass is 10.1. The third kappa shape index (κ3) is 4.92. The Hall–Kier alpha value is -2.97. The third-order valence-corrected chi connectivity index (χ3v) is 8.13. The van der Waals surface area contributed by atoms with Crippen LogP contribution >= 0.6 is 11.3 Å². The molecule has 0 atom stereocenters. The minimum absolute atomic E-state index is 0.00307. The predicted octanol–water partition coefficient (Wildman–Crippen LogP) is 3.63. The zero-order chi connectivity index (χ0) is 22.7. The van der Waals surface area contributed by atoms with Gasteiger partial charge in [0.1, 0.15) is 0 Å². The van der Waals surface area contributed by atoms with E-state index in [0.717, 1.165) is 9.75 Å². The number of aryl methyl sites for hydroxylation is 1. The second kappa shape index (κ2) is 9.26. The van der Waals surface area contributed by atoms with Gasteiger partial charge >= 0.3 is 0 Å². The SMILES string of the molecule is Cc1ccc(C(=O)N2CCN(C(=O)c3cccc(CS(=O)(=O)c4ccccc4)c3)CC2)s1. The largest absolute Gasteiger partial charge is 0.335 e. The summed E-state index contributed by atoms with van der Waals surface area (Å²) in [6, 6.07) is 18.9. The molecule has 0 aliphatic carbocycles. The van der Waals surface area contributed by atoms with Crippen LogP contribution in [0.2, 0.25) is 0 Å². The van der Waals surface area contributed by atoms with Crippen LogP contribution < -0.4 is 0 Å². The number of thiophene rings is 1. The Bertz CT molecular complexity index is 1230. The van der Waals surface area contributed by atoms with Crippen molar-refractivity contribution in [3.8, 4) is 0 Å². The first kappa shape index (κ1) is 22.2. The summed E-state index contributed by atoms with van der Waals surface area (Å²) in [5, 5.41) is 0. The fourth-order valence-electron chi connectivity index (χ4n) is 3.73. The highest BCUT2D eigenvalue weighted by molar-refractivity contribution is 7.90. The van der Waals surface area contributed by atoms with Crippen molar-refractivity contribution in [3.05, 3.63) is 87.6 Å². The molecule has 0 saturated carbocycles. The summed E-state index contributed by atoms with van der Waals surface area (Å²) in [5.41, 5.74) is 1.03. The highest BCUT2D eigenvalue weighted by Gasteiger charge is 2.26. The van der Waals surface area contributed by atoms with Crippen LogP contribution in [0.4, 0.5) is 0 Å². The number of amides is 2. The molecule has 3 aromatic rings. The molecule has 2 aromatic carbocycles. The molecular formula is C24H24N2O4S2. The average molecular weight is 469 g/mol. The molecule has 0 unspecified atom stereocenters. The summed E-state index contributed by atoms with van der Waals surface area (Å²) in [6.07, 6.45) is 0. The maximum Gasteiger partial charge on any atom is 0.264 e. The smallest absolute Gasteiger partial charge is 0.264 e. The van der Waals surface area contributed by atoms with Gasteiger partial charge in [-0.15, -0.1) is 11.3 Å². The van der Waals surface area contributed by atoms with Gasteiger partial charge in [-0.3, -0.25) is 9.59 Å². The summed E-state index contributed by atoms with van der Waals surface area (Å²) >= 11 is 1.48. The van der Waals surface area contributed by atoms with Crippen LogP contribution in [0.25, 0.3) is 0 Å². The minimum Gasteiger partial charge on any atom is -0.335 e. The van der Waals surface area contributed by atoms with Gasteiger partial charge in [-0.1, -0.05) is 30.3 Å². The molecule has 2 amide bonds. The number of nitrogens with zero attached hydrogens (tertiary/aromatic N) is 2. The van der Waals surface area contributed by atoms with E-state index in [4.69, 9.17) is 0 Å². The Kier molecular flexibility index (Phi) is 6.43. The predicted molar refractivity (Wildman–Crippen MR) is 125 cm³/mol. The molecule has 0 bridgehead atoms. The van der Waals surface area contributed by atoms with Gasteiger partial charge in [0.2, 0.25) is 0 Å². The number of piperazine rings is 1. The quantitative estimate of drug-likeness (QED) is 0.573. The molecule has 1 aliphatic rings. The Labute approximate surface area is 192 Å². The topological polar surface area (TPSA) is 74.8 Å². The van der Waals surface area contributed by atoms with Gasteiger partial charge in [-0.05, 0) is 48.9 Å². The number of carbonyl (C=O) groups is 2. The summed E-state index contributed by atoms with van der Waals surface area (Å²) in [5.74, 6) is -0.313. The average Bonchev–Trinajstić information content (AvgIpc) is 3.25. The van der Waals surface area contributed by atoms with Crippen molar-refractivity contribution >= 4 is 33.0 Å². The molecule has 1 aliphatic heterocycles. The number of benzene rings is 2. The fourth-order valence-corrected chi connectivity index (χ4v) is 5.92. The lowest BCUT2D eigenvalue weighted by molar-refractivity contribution is 0.0538. The van der Waals surface area contributed by atoms with E-state index in [1.165, 1.54) is 11.3 Å². The Morgan fingerprint density at radius 1 is 0.844 bits per heavy atom. The molecule has 1 fully saturated rings. The number of hydrogen-bond acceptors (Lipinski definition) is 5. The van der Waals surface area contributed by atoms with E-state index < -0.39 is 9.84 Å². The highest BCUT2D eigenvalue weighted by atomic mass is 32.2. The maximum atomic E-state index is 13.0. The zero-order valence-electron chi connectivity index (χ0n) is 17.7. The molecule has 1 aromatic heterocycles. The molecule has 0 spiro atoms. The summed E-state index contributed by atoms with van der Waals surface area (Å²) in [6.45, 7) is 3.81. The number of rotatable bonds is 5. The second-order valence-corrected chi connectivity index (χ2v) is 11.0. The number of hydrogen-bond donors (Lipinski definition) is 0. The minimum atomic E-state index is -3.49. The van der Waals surface area contributed by atoms with E-state index in [1.807, 2.05) is 19.1 Å². The lowest BCUT2D eigenvalue weighted by Gasteiger charge is -2.34.